The van der Waals surface area contributed by atoms with Gasteiger partial charge in [0.15, 0.2) is 11.5 Å². The number of hydrogen-bond acceptors (Lipinski definition) is 5. The zero-order chi connectivity index (χ0) is 27.3. The Balaban J connectivity index is 1.06. The summed E-state index contributed by atoms with van der Waals surface area (Å²) >= 11 is 0. The molecule has 10 rings (SSSR count). The van der Waals surface area contributed by atoms with E-state index < -0.39 is 5.41 Å². The fourth-order valence-electron chi connectivity index (χ4n) is 9.34. The molecule has 1 unspecified atom stereocenters. The highest BCUT2D eigenvalue weighted by atomic mass is 16.7. The first-order valence-electron chi connectivity index (χ1n) is 14.9. The molecular formula is C34H32N2O5. The van der Waals surface area contributed by atoms with Crippen LogP contribution in [-0.2, 0) is 16.8 Å². The smallest absolute Gasteiger partial charge is 0.252 e. The zero-order valence-corrected chi connectivity index (χ0v) is 22.9. The molecule has 0 aromatic heterocycles. The number of hydrogen-bond donors (Lipinski definition) is 1. The van der Waals surface area contributed by atoms with E-state index in [1.807, 2.05) is 65.6 Å². The number of nitrogens with one attached hydrogen (secondary N) is 1. The summed E-state index contributed by atoms with van der Waals surface area (Å²) in [5, 5.41) is 3.53. The van der Waals surface area contributed by atoms with Gasteiger partial charge in [-0.15, -0.1) is 0 Å². The zero-order valence-electron chi connectivity index (χ0n) is 22.9. The fourth-order valence-corrected chi connectivity index (χ4v) is 9.34. The van der Waals surface area contributed by atoms with Gasteiger partial charge in [-0.25, -0.2) is 0 Å². The van der Waals surface area contributed by atoms with E-state index in [0.717, 1.165) is 59.4 Å². The molecule has 3 aliphatic heterocycles. The minimum absolute atomic E-state index is 0.0144. The molecule has 7 aliphatic rings. The first-order valence-corrected chi connectivity index (χ1v) is 14.9. The van der Waals surface area contributed by atoms with Crippen molar-refractivity contribution in [2.24, 2.45) is 17.8 Å². The van der Waals surface area contributed by atoms with Gasteiger partial charge in [-0.3, -0.25) is 9.59 Å². The molecular weight excluding hydrogens is 516 g/mol. The molecule has 1 spiro atoms. The Kier molecular flexibility index (Phi) is 4.78. The van der Waals surface area contributed by atoms with Gasteiger partial charge in [0.1, 0.15) is 17.8 Å². The number of fused-ring (bicyclic) bond motifs is 5. The Labute approximate surface area is 238 Å². The molecule has 3 aromatic carbocycles. The van der Waals surface area contributed by atoms with Crippen molar-refractivity contribution < 1.29 is 23.8 Å². The topological polar surface area (TPSA) is 77.1 Å². The van der Waals surface area contributed by atoms with Crippen molar-refractivity contribution in [1.29, 1.82) is 0 Å². The van der Waals surface area contributed by atoms with Crippen molar-refractivity contribution >= 4 is 17.5 Å². The van der Waals surface area contributed by atoms with Gasteiger partial charge in [-0.2, -0.15) is 0 Å². The molecule has 3 heterocycles. The predicted octanol–water partition coefficient (Wildman–Crippen LogP) is 5.34. The van der Waals surface area contributed by atoms with Gasteiger partial charge in [0.05, 0.1) is 6.54 Å². The second-order valence-electron chi connectivity index (χ2n) is 13.1. The van der Waals surface area contributed by atoms with Crippen molar-refractivity contribution in [2.45, 2.75) is 56.0 Å². The highest BCUT2D eigenvalue weighted by molar-refractivity contribution is 6.11. The molecule has 208 valence electrons. The maximum Gasteiger partial charge on any atom is 0.252 e. The Hall–Kier alpha value is -4.00. The van der Waals surface area contributed by atoms with E-state index in [9.17, 15) is 9.59 Å². The average molecular weight is 549 g/mol. The highest BCUT2D eigenvalue weighted by Crippen LogP contribution is 2.57. The molecule has 0 saturated heterocycles. The lowest BCUT2D eigenvalue weighted by Gasteiger charge is -2.56. The normalized spacial score (nSPS) is 31.4. The van der Waals surface area contributed by atoms with Gasteiger partial charge in [0.25, 0.3) is 5.91 Å². The van der Waals surface area contributed by atoms with Crippen molar-refractivity contribution in [3.8, 4) is 17.2 Å². The Morgan fingerprint density at radius 3 is 2.29 bits per heavy atom. The standard InChI is InChI=1S/C34H32N2O5/c37-31(35-33-14-20-9-21(15-33)11-22(10-20)16-33)24-6-2-1-5-23(24)17-36-27-8-4-3-7-25(27)34(32(36)38)18-39-28-13-30-29(12-26(28)34)40-19-41-30/h1-8,12-13,20-22H,9-11,14-19H2,(H,35,37). The van der Waals surface area contributed by atoms with E-state index in [1.54, 1.807) is 0 Å². The van der Waals surface area contributed by atoms with Gasteiger partial charge < -0.3 is 24.4 Å². The number of rotatable bonds is 4. The summed E-state index contributed by atoms with van der Waals surface area (Å²) in [5.41, 5.74) is 3.02. The van der Waals surface area contributed by atoms with Gasteiger partial charge in [-0.1, -0.05) is 36.4 Å². The summed E-state index contributed by atoms with van der Waals surface area (Å²) in [7, 11) is 0. The first kappa shape index (κ1) is 23.7. The van der Waals surface area contributed by atoms with Crippen molar-refractivity contribution in [3.63, 3.8) is 0 Å². The van der Waals surface area contributed by atoms with Gasteiger partial charge >= 0.3 is 0 Å². The summed E-state index contributed by atoms with van der Waals surface area (Å²) in [6, 6.07) is 19.4. The van der Waals surface area contributed by atoms with Crippen LogP contribution in [0.4, 0.5) is 5.69 Å². The lowest BCUT2D eigenvalue weighted by molar-refractivity contribution is -0.122. The largest absolute Gasteiger partial charge is 0.491 e. The summed E-state index contributed by atoms with van der Waals surface area (Å²) in [4.78, 5) is 30.2. The van der Waals surface area contributed by atoms with Crippen LogP contribution in [0.3, 0.4) is 0 Å². The van der Waals surface area contributed by atoms with Crippen molar-refractivity contribution in [2.75, 3.05) is 18.3 Å². The van der Waals surface area contributed by atoms with Crippen LogP contribution in [0.25, 0.3) is 0 Å². The molecule has 1 atom stereocenters. The molecule has 3 aromatic rings. The summed E-state index contributed by atoms with van der Waals surface area (Å²) in [6.07, 6.45) is 7.30. The molecule has 41 heavy (non-hydrogen) atoms. The maximum atomic E-state index is 14.5. The number of amides is 2. The van der Waals surface area contributed by atoms with E-state index in [-0.39, 0.29) is 30.8 Å². The third-order valence-electron chi connectivity index (χ3n) is 10.7. The molecule has 4 aliphatic carbocycles. The second kappa shape index (κ2) is 8.28. The van der Waals surface area contributed by atoms with E-state index in [4.69, 9.17) is 14.2 Å². The molecule has 4 fully saturated rings. The molecule has 4 saturated carbocycles. The molecule has 7 heteroatoms. The molecule has 1 N–H and O–H groups in total. The van der Waals surface area contributed by atoms with Crippen molar-refractivity contribution in [1.82, 2.24) is 5.32 Å². The van der Waals surface area contributed by atoms with Crippen LogP contribution in [-0.4, -0.2) is 30.8 Å². The summed E-state index contributed by atoms with van der Waals surface area (Å²) in [6.45, 7) is 0.678. The first-order chi connectivity index (χ1) is 20.0. The predicted molar refractivity (Wildman–Crippen MR) is 151 cm³/mol. The fraction of sp³-hybridized carbons (Fsp3) is 0.412. The molecule has 4 bridgehead atoms. The highest BCUT2D eigenvalue weighted by Gasteiger charge is 2.57. The van der Waals surface area contributed by atoms with Crippen LogP contribution in [0.5, 0.6) is 17.2 Å². The molecule has 7 nitrogen and oxygen atoms in total. The minimum Gasteiger partial charge on any atom is -0.491 e. The minimum atomic E-state index is -0.969. The third-order valence-corrected chi connectivity index (χ3v) is 10.7. The second-order valence-corrected chi connectivity index (χ2v) is 13.1. The lowest BCUT2D eigenvalue weighted by Crippen LogP contribution is -2.59. The van der Waals surface area contributed by atoms with E-state index in [2.05, 4.69) is 5.32 Å². The van der Waals surface area contributed by atoms with Gasteiger partial charge in [0.2, 0.25) is 12.7 Å². The van der Waals surface area contributed by atoms with Crippen LogP contribution in [0.1, 0.15) is 65.6 Å². The summed E-state index contributed by atoms with van der Waals surface area (Å²) < 4.78 is 17.4. The number of nitrogens with zero attached hydrogens (tertiary/aromatic N) is 1. The molecule has 2 amide bonds. The average Bonchev–Trinajstić information content (AvgIpc) is 3.63. The number of carbonyl (C=O) groups is 2. The number of ether oxygens (including phenoxy) is 3. The van der Waals surface area contributed by atoms with Gasteiger partial charge in [-0.05, 0) is 85.6 Å². The number of benzene rings is 3. The van der Waals surface area contributed by atoms with Crippen LogP contribution in [0, 0.1) is 17.8 Å². The van der Waals surface area contributed by atoms with Crippen LogP contribution in [0.15, 0.2) is 60.7 Å². The third kappa shape index (κ3) is 3.32. The van der Waals surface area contributed by atoms with E-state index >= 15 is 0 Å². The van der Waals surface area contributed by atoms with E-state index in [1.165, 1.54) is 19.3 Å². The van der Waals surface area contributed by atoms with E-state index in [0.29, 0.717) is 29.4 Å². The lowest BCUT2D eigenvalue weighted by atomic mass is 9.53. The quantitative estimate of drug-likeness (QED) is 0.477. The van der Waals surface area contributed by atoms with Crippen LogP contribution < -0.4 is 24.4 Å². The van der Waals surface area contributed by atoms with Crippen LogP contribution in [0.2, 0.25) is 0 Å². The van der Waals surface area contributed by atoms with Crippen LogP contribution >= 0.6 is 0 Å². The number of anilines is 1. The SMILES string of the molecule is O=C(NC12CC3CC(CC(C3)C1)C2)c1ccccc1CN1C(=O)C2(COc3cc4c(cc32)OCO4)c2ccccc21. The number of carbonyl (C=O) groups excluding carboxylic acids is 2. The van der Waals surface area contributed by atoms with Gasteiger partial charge in [0, 0.05) is 28.4 Å². The maximum absolute atomic E-state index is 14.5. The Bertz CT molecular complexity index is 1600. The monoisotopic (exact) mass is 548 g/mol. The summed E-state index contributed by atoms with van der Waals surface area (Å²) in [5.74, 6) is 4.10. The number of para-hydroxylation sites is 1. The van der Waals surface area contributed by atoms with Crippen molar-refractivity contribution in [3.05, 3.63) is 82.9 Å². The molecule has 0 radical (unpaired) electrons. The Morgan fingerprint density at radius 1 is 0.829 bits per heavy atom. The Morgan fingerprint density at radius 2 is 1.51 bits per heavy atom.